The molecule has 0 spiro atoms. The number of hydrogen-bond donors (Lipinski definition) is 1. The molecule has 0 saturated carbocycles. The second kappa shape index (κ2) is 8.95. The van der Waals surface area contributed by atoms with Crippen molar-refractivity contribution in [2.24, 2.45) is 0 Å². The second-order valence-electron chi connectivity index (χ2n) is 7.39. The zero-order valence-electron chi connectivity index (χ0n) is 16.1. The summed E-state index contributed by atoms with van der Waals surface area (Å²) in [4.78, 5) is 28.4. The van der Waals surface area contributed by atoms with Gasteiger partial charge in [-0.3, -0.25) is 14.5 Å². The first-order chi connectivity index (χ1) is 14.1. The number of morpholine rings is 1. The van der Waals surface area contributed by atoms with Crippen LogP contribution >= 0.6 is 11.6 Å². The molecule has 7 heteroatoms. The maximum atomic E-state index is 12.6. The minimum absolute atomic E-state index is 0.0710. The first-order valence-electron chi connectivity index (χ1n) is 9.88. The third-order valence-corrected chi connectivity index (χ3v) is 5.53. The average Bonchev–Trinajstić information content (AvgIpc) is 3.15. The Morgan fingerprint density at radius 2 is 2.00 bits per heavy atom. The number of ether oxygens (including phenoxy) is 1. The Kier molecular flexibility index (Phi) is 6.13. The van der Waals surface area contributed by atoms with Crippen molar-refractivity contribution in [3.8, 4) is 0 Å². The fourth-order valence-corrected chi connectivity index (χ4v) is 3.93. The van der Waals surface area contributed by atoms with E-state index in [1.807, 2.05) is 48.5 Å². The Bertz CT molecular complexity index is 887. The van der Waals surface area contributed by atoms with Crippen LogP contribution in [-0.2, 0) is 14.3 Å². The van der Waals surface area contributed by atoms with E-state index < -0.39 is 0 Å². The molecule has 0 aliphatic carbocycles. The number of benzene rings is 2. The fourth-order valence-electron chi connectivity index (χ4n) is 3.80. The smallest absolute Gasteiger partial charge is 0.238 e. The Hall–Kier alpha value is -2.41. The van der Waals surface area contributed by atoms with E-state index >= 15 is 0 Å². The Morgan fingerprint density at radius 3 is 2.76 bits per heavy atom. The van der Waals surface area contributed by atoms with Crippen molar-refractivity contribution in [3.63, 3.8) is 0 Å². The number of nitrogens with one attached hydrogen (secondary N) is 1. The summed E-state index contributed by atoms with van der Waals surface area (Å²) < 4.78 is 5.86. The quantitative estimate of drug-likeness (QED) is 0.815. The van der Waals surface area contributed by atoms with E-state index in [-0.39, 0.29) is 17.9 Å². The highest BCUT2D eigenvalue weighted by Crippen LogP contribution is 2.25. The lowest BCUT2D eigenvalue weighted by Gasteiger charge is -2.32. The summed E-state index contributed by atoms with van der Waals surface area (Å²) >= 11 is 5.96. The highest BCUT2D eigenvalue weighted by Gasteiger charge is 2.24. The molecule has 1 atom stereocenters. The molecule has 6 nitrogen and oxygen atoms in total. The van der Waals surface area contributed by atoms with Crippen LogP contribution in [0.2, 0.25) is 5.02 Å². The highest BCUT2D eigenvalue weighted by molar-refractivity contribution is 6.30. The Labute approximate surface area is 175 Å². The normalized spacial score (nSPS) is 20.1. The molecule has 0 aromatic heterocycles. The van der Waals surface area contributed by atoms with Gasteiger partial charge in [-0.15, -0.1) is 0 Å². The van der Waals surface area contributed by atoms with Crippen LogP contribution in [0.1, 0.15) is 24.5 Å². The first kappa shape index (κ1) is 19.9. The second-order valence-corrected chi connectivity index (χ2v) is 7.83. The third kappa shape index (κ3) is 4.96. The molecule has 0 bridgehead atoms. The van der Waals surface area contributed by atoms with E-state index in [4.69, 9.17) is 16.3 Å². The molecule has 2 saturated heterocycles. The van der Waals surface area contributed by atoms with Crippen molar-refractivity contribution in [3.05, 3.63) is 59.1 Å². The monoisotopic (exact) mass is 413 g/mol. The molecular weight excluding hydrogens is 390 g/mol. The molecule has 2 aromatic rings. The number of carbonyl (C=O) groups excluding carboxylic acids is 2. The van der Waals surface area contributed by atoms with Crippen molar-refractivity contribution in [1.29, 1.82) is 0 Å². The SMILES string of the molecule is O=C(CN1CCOC(c2ccc(Cl)cc2)C1)Nc1cccc(N2CCCC2=O)c1. The van der Waals surface area contributed by atoms with Gasteiger partial charge >= 0.3 is 0 Å². The van der Waals surface area contributed by atoms with E-state index in [0.29, 0.717) is 43.4 Å². The summed E-state index contributed by atoms with van der Waals surface area (Å²) in [6.07, 6.45) is 1.39. The molecule has 2 aliphatic heterocycles. The van der Waals surface area contributed by atoms with E-state index in [0.717, 1.165) is 24.2 Å². The minimum Gasteiger partial charge on any atom is -0.371 e. The zero-order valence-corrected chi connectivity index (χ0v) is 16.9. The third-order valence-electron chi connectivity index (χ3n) is 5.27. The number of anilines is 2. The van der Waals surface area contributed by atoms with Gasteiger partial charge in [-0.25, -0.2) is 0 Å². The van der Waals surface area contributed by atoms with Crippen LogP contribution in [0, 0.1) is 0 Å². The molecule has 0 radical (unpaired) electrons. The van der Waals surface area contributed by atoms with Crippen LogP contribution in [0.15, 0.2) is 48.5 Å². The molecule has 2 heterocycles. The first-order valence-corrected chi connectivity index (χ1v) is 10.3. The maximum Gasteiger partial charge on any atom is 0.238 e. The Balaban J connectivity index is 1.34. The van der Waals surface area contributed by atoms with Crippen LogP contribution in [0.5, 0.6) is 0 Å². The highest BCUT2D eigenvalue weighted by atomic mass is 35.5. The lowest BCUT2D eigenvalue weighted by Crippen LogP contribution is -2.42. The maximum absolute atomic E-state index is 12.6. The molecule has 152 valence electrons. The molecule has 2 aromatic carbocycles. The van der Waals surface area contributed by atoms with Gasteiger partial charge in [0.25, 0.3) is 0 Å². The van der Waals surface area contributed by atoms with Gasteiger partial charge in [0.1, 0.15) is 0 Å². The van der Waals surface area contributed by atoms with E-state index in [1.54, 1.807) is 4.90 Å². The van der Waals surface area contributed by atoms with Gasteiger partial charge in [-0.05, 0) is 42.3 Å². The van der Waals surface area contributed by atoms with Gasteiger partial charge in [0.05, 0.1) is 19.3 Å². The Morgan fingerprint density at radius 1 is 1.17 bits per heavy atom. The van der Waals surface area contributed by atoms with Gasteiger partial charge in [0, 0.05) is 42.5 Å². The molecule has 1 N–H and O–H groups in total. The lowest BCUT2D eigenvalue weighted by molar-refractivity contribution is -0.119. The van der Waals surface area contributed by atoms with Crippen molar-refractivity contribution in [1.82, 2.24) is 4.90 Å². The molecule has 2 fully saturated rings. The number of rotatable bonds is 5. The van der Waals surface area contributed by atoms with Crippen molar-refractivity contribution >= 4 is 34.8 Å². The summed E-state index contributed by atoms with van der Waals surface area (Å²) in [6, 6.07) is 15.1. The van der Waals surface area contributed by atoms with Gasteiger partial charge < -0.3 is 15.0 Å². The molecule has 2 aliphatic rings. The number of nitrogens with zero attached hydrogens (tertiary/aromatic N) is 2. The standard InChI is InChI=1S/C22H24ClN3O3/c23-17-8-6-16(7-9-17)20-14-25(11-12-29-20)15-21(27)24-18-3-1-4-19(13-18)26-10-2-5-22(26)28/h1,3-4,6-9,13,20H,2,5,10-12,14-15H2,(H,24,27). The molecule has 29 heavy (non-hydrogen) atoms. The van der Waals surface area contributed by atoms with Crippen molar-refractivity contribution in [2.45, 2.75) is 18.9 Å². The van der Waals surface area contributed by atoms with Crippen molar-refractivity contribution < 1.29 is 14.3 Å². The zero-order chi connectivity index (χ0) is 20.2. The predicted molar refractivity (Wildman–Crippen MR) is 113 cm³/mol. The number of carbonyl (C=O) groups is 2. The minimum atomic E-state index is -0.0772. The van der Waals surface area contributed by atoms with E-state index in [1.165, 1.54) is 0 Å². The fraction of sp³-hybridized carbons (Fsp3) is 0.364. The van der Waals surface area contributed by atoms with Gasteiger partial charge in [-0.2, -0.15) is 0 Å². The van der Waals surface area contributed by atoms with Crippen molar-refractivity contribution in [2.75, 3.05) is 43.0 Å². The topological polar surface area (TPSA) is 61.9 Å². The summed E-state index contributed by atoms with van der Waals surface area (Å²) in [5.74, 6) is 0.0571. The largest absolute Gasteiger partial charge is 0.371 e. The van der Waals surface area contributed by atoms with Gasteiger partial charge in [0.2, 0.25) is 11.8 Å². The number of hydrogen-bond acceptors (Lipinski definition) is 4. The van der Waals surface area contributed by atoms with Gasteiger partial charge in [0.15, 0.2) is 0 Å². The summed E-state index contributed by atoms with van der Waals surface area (Å²) in [7, 11) is 0. The van der Waals surface area contributed by atoms with Crippen LogP contribution < -0.4 is 10.2 Å². The predicted octanol–water partition coefficient (Wildman–Crippen LogP) is 3.48. The van der Waals surface area contributed by atoms with Crippen LogP contribution in [0.4, 0.5) is 11.4 Å². The van der Waals surface area contributed by atoms with Crippen LogP contribution in [0.3, 0.4) is 0 Å². The summed E-state index contributed by atoms with van der Waals surface area (Å²) in [5.41, 5.74) is 2.59. The van der Waals surface area contributed by atoms with Gasteiger partial charge in [-0.1, -0.05) is 29.8 Å². The summed E-state index contributed by atoms with van der Waals surface area (Å²) in [5, 5.41) is 3.65. The molecule has 1 unspecified atom stereocenters. The average molecular weight is 414 g/mol. The van der Waals surface area contributed by atoms with E-state index in [9.17, 15) is 9.59 Å². The van der Waals surface area contributed by atoms with Crippen LogP contribution in [0.25, 0.3) is 0 Å². The molecule has 4 rings (SSSR count). The lowest BCUT2D eigenvalue weighted by atomic mass is 10.1. The number of halogens is 1. The van der Waals surface area contributed by atoms with E-state index in [2.05, 4.69) is 10.2 Å². The summed E-state index contributed by atoms with van der Waals surface area (Å²) in [6.45, 7) is 2.96. The van der Waals surface area contributed by atoms with Crippen LogP contribution in [-0.4, -0.2) is 49.5 Å². The molecular formula is C22H24ClN3O3. The number of amides is 2. The molecule has 2 amide bonds.